The predicted octanol–water partition coefficient (Wildman–Crippen LogP) is 1.02. The van der Waals surface area contributed by atoms with E-state index in [0.29, 0.717) is 0 Å². The van der Waals surface area contributed by atoms with Crippen molar-refractivity contribution in [1.29, 1.82) is 0 Å². The predicted molar refractivity (Wildman–Crippen MR) is 45.6 cm³/mol. The van der Waals surface area contributed by atoms with Crippen LogP contribution < -0.4 is 0 Å². The van der Waals surface area contributed by atoms with Crippen molar-refractivity contribution in [2.24, 2.45) is 0 Å². The second-order valence-corrected chi connectivity index (χ2v) is 2.33. The second-order valence-electron chi connectivity index (χ2n) is 2.33. The molecule has 0 saturated carbocycles. The Morgan fingerprint density at radius 1 is 1.42 bits per heavy atom. The van der Waals surface area contributed by atoms with Crippen molar-refractivity contribution >= 4 is 35.5 Å². The topological polar surface area (TPSA) is 57.5 Å². The summed E-state index contributed by atoms with van der Waals surface area (Å²) in [6.07, 6.45) is 0. The van der Waals surface area contributed by atoms with Crippen molar-refractivity contribution in [2.75, 3.05) is 0 Å². The second kappa shape index (κ2) is 4.50. The van der Waals surface area contributed by atoms with Crippen LogP contribution in [0.1, 0.15) is 15.9 Å². The molecule has 0 heterocycles. The minimum absolute atomic E-state index is 0. The maximum absolute atomic E-state index is 10.4. The Balaban J connectivity index is 0.00000121. The fraction of sp³-hybridized carbons (Fsp3) is 0.125. The number of carboxylic acid groups (broad SMARTS) is 1. The number of aromatic hydroxyl groups is 1. The molecule has 0 atom stereocenters. The maximum atomic E-state index is 10.4. The van der Waals surface area contributed by atoms with E-state index in [1.54, 1.807) is 13.0 Å². The van der Waals surface area contributed by atoms with Gasteiger partial charge in [-0.15, -0.1) is 0 Å². The van der Waals surface area contributed by atoms with Crippen molar-refractivity contribution in [3.8, 4) is 5.75 Å². The third-order valence-electron chi connectivity index (χ3n) is 1.38. The standard InChI is InChI=1S/C8H8O3.Na/c1-5-2-3-6(8(10)11)7(9)4-5;/h2-4,9H,1H3,(H,10,11);. The fourth-order valence-corrected chi connectivity index (χ4v) is 0.823. The SMILES string of the molecule is Cc1ccc(C(=O)O)c(O)c1.[Na]. The number of aryl methyl sites for hydroxylation is 1. The zero-order valence-corrected chi connectivity index (χ0v) is 9.03. The molecule has 1 radical (unpaired) electrons. The summed E-state index contributed by atoms with van der Waals surface area (Å²) in [5, 5.41) is 17.6. The molecule has 0 fully saturated rings. The van der Waals surface area contributed by atoms with Gasteiger partial charge in [-0.25, -0.2) is 4.79 Å². The maximum Gasteiger partial charge on any atom is 0.339 e. The Labute approximate surface area is 92.3 Å². The molecular weight excluding hydrogens is 167 g/mol. The average molecular weight is 175 g/mol. The van der Waals surface area contributed by atoms with Crippen molar-refractivity contribution < 1.29 is 15.0 Å². The van der Waals surface area contributed by atoms with Crippen LogP contribution in [0.2, 0.25) is 0 Å². The summed E-state index contributed by atoms with van der Waals surface area (Å²) in [5.41, 5.74) is 0.781. The summed E-state index contributed by atoms with van der Waals surface area (Å²) < 4.78 is 0. The van der Waals surface area contributed by atoms with Crippen LogP contribution in [0, 0.1) is 6.92 Å². The summed E-state index contributed by atoms with van der Waals surface area (Å²) in [6, 6.07) is 4.44. The molecule has 0 amide bonds. The number of benzene rings is 1. The smallest absolute Gasteiger partial charge is 0.339 e. The molecule has 2 N–H and O–H groups in total. The van der Waals surface area contributed by atoms with Crippen LogP contribution in [-0.4, -0.2) is 45.7 Å². The van der Waals surface area contributed by atoms with E-state index in [4.69, 9.17) is 10.2 Å². The van der Waals surface area contributed by atoms with Gasteiger partial charge in [-0.1, -0.05) is 6.07 Å². The van der Waals surface area contributed by atoms with Crippen LogP contribution in [-0.2, 0) is 0 Å². The summed E-state index contributed by atoms with van der Waals surface area (Å²) in [6.45, 7) is 1.78. The van der Waals surface area contributed by atoms with E-state index >= 15 is 0 Å². The van der Waals surface area contributed by atoms with Crippen LogP contribution in [0.5, 0.6) is 5.75 Å². The minimum Gasteiger partial charge on any atom is -0.507 e. The van der Waals surface area contributed by atoms with Gasteiger partial charge in [-0.2, -0.15) is 0 Å². The third kappa shape index (κ3) is 2.52. The summed E-state index contributed by atoms with van der Waals surface area (Å²) in [5.74, 6) is -1.29. The van der Waals surface area contributed by atoms with E-state index in [2.05, 4.69) is 0 Å². The zero-order chi connectivity index (χ0) is 8.43. The summed E-state index contributed by atoms with van der Waals surface area (Å²) in [4.78, 5) is 10.4. The Hall–Kier alpha value is -0.510. The molecular formula is C8H8NaO3. The van der Waals surface area contributed by atoms with Gasteiger partial charge in [0.05, 0.1) is 0 Å². The minimum atomic E-state index is -1.11. The molecule has 3 nitrogen and oxygen atoms in total. The first-order valence-corrected chi connectivity index (χ1v) is 3.14. The molecule has 0 aliphatic carbocycles. The van der Waals surface area contributed by atoms with E-state index in [9.17, 15) is 4.79 Å². The molecule has 12 heavy (non-hydrogen) atoms. The van der Waals surface area contributed by atoms with Crippen molar-refractivity contribution in [3.05, 3.63) is 29.3 Å². The van der Waals surface area contributed by atoms with Crippen molar-refractivity contribution in [2.45, 2.75) is 6.92 Å². The van der Waals surface area contributed by atoms with Gasteiger partial charge in [-0.05, 0) is 24.6 Å². The Kier molecular flexibility index (Phi) is 4.31. The third-order valence-corrected chi connectivity index (χ3v) is 1.38. The van der Waals surface area contributed by atoms with Gasteiger partial charge in [0.2, 0.25) is 0 Å². The molecule has 0 bridgehead atoms. The molecule has 0 saturated heterocycles. The molecule has 0 spiro atoms. The monoisotopic (exact) mass is 175 g/mol. The van der Waals surface area contributed by atoms with Crippen molar-refractivity contribution in [3.63, 3.8) is 0 Å². The molecule has 59 valence electrons. The molecule has 0 unspecified atom stereocenters. The normalized spacial score (nSPS) is 8.75. The quantitative estimate of drug-likeness (QED) is 0.626. The molecule has 1 rings (SSSR count). The first kappa shape index (κ1) is 11.5. The Morgan fingerprint density at radius 2 is 2.00 bits per heavy atom. The first-order chi connectivity index (χ1) is 5.11. The first-order valence-electron chi connectivity index (χ1n) is 3.14. The molecule has 0 aliphatic heterocycles. The van der Waals surface area contributed by atoms with E-state index in [-0.39, 0.29) is 40.9 Å². The van der Waals surface area contributed by atoms with E-state index < -0.39 is 5.97 Å². The van der Waals surface area contributed by atoms with Gasteiger partial charge in [0.15, 0.2) is 0 Å². The van der Waals surface area contributed by atoms with Gasteiger partial charge in [-0.3, -0.25) is 0 Å². The van der Waals surface area contributed by atoms with Gasteiger partial charge >= 0.3 is 5.97 Å². The fourth-order valence-electron chi connectivity index (χ4n) is 0.823. The van der Waals surface area contributed by atoms with E-state index in [0.717, 1.165) is 5.56 Å². The van der Waals surface area contributed by atoms with Crippen LogP contribution in [0.15, 0.2) is 18.2 Å². The van der Waals surface area contributed by atoms with Crippen LogP contribution in [0.4, 0.5) is 0 Å². The average Bonchev–Trinajstić information content (AvgIpc) is 1.85. The van der Waals surface area contributed by atoms with Crippen LogP contribution in [0.3, 0.4) is 0 Å². The number of carbonyl (C=O) groups is 1. The Morgan fingerprint density at radius 3 is 2.42 bits per heavy atom. The summed E-state index contributed by atoms with van der Waals surface area (Å²) >= 11 is 0. The zero-order valence-electron chi connectivity index (χ0n) is 7.03. The van der Waals surface area contributed by atoms with Crippen LogP contribution in [0.25, 0.3) is 0 Å². The number of carboxylic acids is 1. The number of hydrogen-bond donors (Lipinski definition) is 2. The summed E-state index contributed by atoms with van der Waals surface area (Å²) in [7, 11) is 0. The van der Waals surface area contributed by atoms with Gasteiger partial charge in [0, 0.05) is 29.6 Å². The molecule has 0 aliphatic rings. The molecule has 4 heteroatoms. The van der Waals surface area contributed by atoms with Gasteiger partial charge in [0.25, 0.3) is 0 Å². The van der Waals surface area contributed by atoms with Crippen LogP contribution >= 0.6 is 0 Å². The number of aromatic carboxylic acids is 1. The van der Waals surface area contributed by atoms with Gasteiger partial charge < -0.3 is 10.2 Å². The number of hydrogen-bond acceptors (Lipinski definition) is 2. The Bertz CT molecular complexity index is 296. The molecule has 1 aromatic rings. The molecule has 0 aromatic heterocycles. The van der Waals surface area contributed by atoms with Crippen molar-refractivity contribution in [1.82, 2.24) is 0 Å². The largest absolute Gasteiger partial charge is 0.507 e. The molecule has 1 aromatic carbocycles. The van der Waals surface area contributed by atoms with E-state index in [1.165, 1.54) is 12.1 Å². The number of phenols is 1. The van der Waals surface area contributed by atoms with Gasteiger partial charge in [0.1, 0.15) is 11.3 Å². The van der Waals surface area contributed by atoms with E-state index in [1.807, 2.05) is 0 Å². The number of rotatable bonds is 1.